The SMILES string of the molecule is CC(C)(C)n1ncc(N)c(O)c1=O. The molecule has 1 rings (SSSR count). The molecule has 72 valence electrons. The van der Waals surface area contributed by atoms with Crippen molar-refractivity contribution in [1.82, 2.24) is 9.78 Å². The average Bonchev–Trinajstić information content (AvgIpc) is 1.98. The number of hydrogen-bond acceptors (Lipinski definition) is 4. The first kappa shape index (κ1) is 9.57. The highest BCUT2D eigenvalue weighted by Gasteiger charge is 2.18. The maximum Gasteiger partial charge on any atom is 0.311 e. The quantitative estimate of drug-likeness (QED) is 0.605. The van der Waals surface area contributed by atoms with Crippen molar-refractivity contribution < 1.29 is 5.11 Å². The van der Waals surface area contributed by atoms with E-state index in [1.807, 2.05) is 20.8 Å². The lowest BCUT2D eigenvalue weighted by atomic mass is 10.1. The molecule has 13 heavy (non-hydrogen) atoms. The number of aromatic nitrogens is 2. The minimum Gasteiger partial charge on any atom is -0.502 e. The Hall–Kier alpha value is -1.52. The zero-order valence-electron chi connectivity index (χ0n) is 7.90. The topological polar surface area (TPSA) is 81.1 Å². The molecule has 0 aliphatic rings. The van der Waals surface area contributed by atoms with Gasteiger partial charge in [0.15, 0.2) is 0 Å². The first-order chi connectivity index (χ1) is 5.84. The van der Waals surface area contributed by atoms with Gasteiger partial charge in [-0.1, -0.05) is 0 Å². The first-order valence-corrected chi connectivity index (χ1v) is 3.91. The van der Waals surface area contributed by atoms with E-state index in [0.29, 0.717) is 0 Å². The van der Waals surface area contributed by atoms with E-state index >= 15 is 0 Å². The highest BCUT2D eigenvalue weighted by atomic mass is 16.3. The number of hydrogen-bond donors (Lipinski definition) is 2. The third kappa shape index (κ3) is 1.63. The average molecular weight is 183 g/mol. The molecule has 0 bridgehead atoms. The minimum atomic E-state index is -0.562. The van der Waals surface area contributed by atoms with Gasteiger partial charge in [-0.05, 0) is 20.8 Å². The largest absolute Gasteiger partial charge is 0.502 e. The summed E-state index contributed by atoms with van der Waals surface area (Å²) in [6.07, 6.45) is 1.27. The number of rotatable bonds is 0. The van der Waals surface area contributed by atoms with E-state index in [1.54, 1.807) is 0 Å². The fraction of sp³-hybridized carbons (Fsp3) is 0.500. The van der Waals surface area contributed by atoms with Gasteiger partial charge in [-0.3, -0.25) is 4.79 Å². The predicted octanol–water partition coefficient (Wildman–Crippen LogP) is 0.286. The molecule has 0 atom stereocenters. The van der Waals surface area contributed by atoms with Crippen LogP contribution in [-0.2, 0) is 5.54 Å². The van der Waals surface area contributed by atoms with Crippen molar-refractivity contribution in [3.8, 4) is 5.75 Å². The number of nitrogens with two attached hydrogens (primary N) is 1. The van der Waals surface area contributed by atoms with Crippen LogP contribution in [0.4, 0.5) is 5.69 Å². The first-order valence-electron chi connectivity index (χ1n) is 3.91. The lowest BCUT2D eigenvalue weighted by Gasteiger charge is -2.20. The van der Waals surface area contributed by atoms with E-state index in [0.717, 1.165) is 0 Å². The van der Waals surface area contributed by atoms with Crippen LogP contribution in [0.5, 0.6) is 5.75 Å². The molecule has 5 heteroatoms. The molecular formula is C8H13N3O2. The Bertz CT molecular complexity index is 376. The zero-order chi connectivity index (χ0) is 10.2. The van der Waals surface area contributed by atoms with Crippen molar-refractivity contribution in [2.45, 2.75) is 26.3 Å². The van der Waals surface area contributed by atoms with E-state index in [-0.39, 0.29) is 5.69 Å². The number of nitrogen functional groups attached to an aromatic ring is 1. The molecule has 0 amide bonds. The van der Waals surface area contributed by atoms with Gasteiger partial charge in [-0.25, -0.2) is 4.68 Å². The number of aromatic hydroxyl groups is 1. The van der Waals surface area contributed by atoms with Crippen molar-refractivity contribution in [1.29, 1.82) is 0 Å². The summed E-state index contributed by atoms with van der Waals surface area (Å²) in [5.74, 6) is -0.440. The Kier molecular flexibility index (Phi) is 2.03. The highest BCUT2D eigenvalue weighted by molar-refractivity contribution is 5.47. The van der Waals surface area contributed by atoms with Gasteiger partial charge in [0, 0.05) is 0 Å². The molecule has 0 saturated carbocycles. The summed E-state index contributed by atoms with van der Waals surface area (Å²) in [6.45, 7) is 5.45. The maximum absolute atomic E-state index is 11.4. The Morgan fingerprint density at radius 2 is 2.08 bits per heavy atom. The van der Waals surface area contributed by atoms with Gasteiger partial charge in [-0.15, -0.1) is 0 Å². The summed E-state index contributed by atoms with van der Waals surface area (Å²) in [6, 6.07) is 0. The lowest BCUT2D eigenvalue weighted by molar-refractivity contribution is 0.326. The lowest BCUT2D eigenvalue weighted by Crippen LogP contribution is -2.35. The minimum absolute atomic E-state index is 0.00509. The van der Waals surface area contributed by atoms with Crippen LogP contribution < -0.4 is 11.3 Å². The summed E-state index contributed by atoms with van der Waals surface area (Å²) in [4.78, 5) is 11.4. The maximum atomic E-state index is 11.4. The molecule has 0 aliphatic carbocycles. The monoisotopic (exact) mass is 183 g/mol. The van der Waals surface area contributed by atoms with Gasteiger partial charge in [0.25, 0.3) is 0 Å². The van der Waals surface area contributed by atoms with Gasteiger partial charge in [0.2, 0.25) is 5.75 Å². The summed E-state index contributed by atoms with van der Waals surface area (Å²) in [5, 5.41) is 13.1. The van der Waals surface area contributed by atoms with Crippen LogP contribution in [0, 0.1) is 0 Å². The fourth-order valence-electron chi connectivity index (χ4n) is 0.935. The predicted molar refractivity (Wildman–Crippen MR) is 49.6 cm³/mol. The van der Waals surface area contributed by atoms with Crippen molar-refractivity contribution in [3.05, 3.63) is 16.6 Å². The molecular weight excluding hydrogens is 170 g/mol. The Morgan fingerprint density at radius 3 is 2.54 bits per heavy atom. The smallest absolute Gasteiger partial charge is 0.311 e. The van der Waals surface area contributed by atoms with Crippen molar-refractivity contribution in [2.75, 3.05) is 5.73 Å². The highest BCUT2D eigenvalue weighted by Crippen LogP contribution is 2.15. The summed E-state index contributed by atoms with van der Waals surface area (Å²) >= 11 is 0. The third-order valence-electron chi connectivity index (χ3n) is 1.62. The standard InChI is InChI=1S/C8H13N3O2/c1-8(2,3)11-7(13)6(12)5(9)4-10-11/h4,12H,9H2,1-3H3. The van der Waals surface area contributed by atoms with E-state index in [9.17, 15) is 9.90 Å². The molecule has 1 heterocycles. The van der Waals surface area contributed by atoms with Crippen LogP contribution in [0.2, 0.25) is 0 Å². The zero-order valence-corrected chi connectivity index (χ0v) is 7.90. The van der Waals surface area contributed by atoms with E-state index in [1.165, 1.54) is 10.9 Å². The molecule has 0 aliphatic heterocycles. The van der Waals surface area contributed by atoms with Crippen LogP contribution in [0.1, 0.15) is 20.8 Å². The molecule has 5 nitrogen and oxygen atoms in total. The molecule has 0 unspecified atom stereocenters. The van der Waals surface area contributed by atoms with Crippen LogP contribution in [-0.4, -0.2) is 14.9 Å². The summed E-state index contributed by atoms with van der Waals surface area (Å²) in [5.41, 5.74) is 4.29. The summed E-state index contributed by atoms with van der Waals surface area (Å²) in [7, 11) is 0. The Balaban J connectivity index is 3.44. The Labute approximate surface area is 75.8 Å². The third-order valence-corrected chi connectivity index (χ3v) is 1.62. The van der Waals surface area contributed by atoms with Gasteiger partial charge in [-0.2, -0.15) is 5.10 Å². The molecule has 1 aromatic heterocycles. The van der Waals surface area contributed by atoms with Gasteiger partial charge >= 0.3 is 5.56 Å². The van der Waals surface area contributed by atoms with Crippen molar-refractivity contribution >= 4 is 5.69 Å². The van der Waals surface area contributed by atoms with Gasteiger partial charge in [0.1, 0.15) is 5.69 Å². The van der Waals surface area contributed by atoms with E-state index < -0.39 is 16.8 Å². The van der Waals surface area contributed by atoms with Crippen LogP contribution in [0.25, 0.3) is 0 Å². The van der Waals surface area contributed by atoms with Crippen molar-refractivity contribution in [2.24, 2.45) is 0 Å². The second-order valence-electron chi connectivity index (χ2n) is 3.84. The molecule has 1 aromatic rings. The molecule has 0 aromatic carbocycles. The van der Waals surface area contributed by atoms with Crippen LogP contribution in [0.15, 0.2) is 11.0 Å². The normalized spacial score (nSPS) is 11.6. The molecule has 3 N–H and O–H groups in total. The fourth-order valence-corrected chi connectivity index (χ4v) is 0.935. The number of nitrogens with zero attached hydrogens (tertiary/aromatic N) is 2. The van der Waals surface area contributed by atoms with Crippen molar-refractivity contribution in [3.63, 3.8) is 0 Å². The Morgan fingerprint density at radius 1 is 1.54 bits per heavy atom. The van der Waals surface area contributed by atoms with E-state index in [2.05, 4.69) is 5.10 Å². The van der Waals surface area contributed by atoms with Crippen LogP contribution >= 0.6 is 0 Å². The molecule has 0 radical (unpaired) electrons. The molecule has 0 spiro atoms. The van der Waals surface area contributed by atoms with Gasteiger partial charge in [0.05, 0.1) is 11.7 Å². The second-order valence-corrected chi connectivity index (χ2v) is 3.84. The second kappa shape index (κ2) is 2.76. The number of anilines is 1. The van der Waals surface area contributed by atoms with E-state index in [4.69, 9.17) is 5.73 Å². The summed E-state index contributed by atoms with van der Waals surface area (Å²) < 4.78 is 1.19. The van der Waals surface area contributed by atoms with Gasteiger partial charge < -0.3 is 10.8 Å². The molecule has 0 saturated heterocycles. The molecule has 0 fully saturated rings. The van der Waals surface area contributed by atoms with Crippen LogP contribution in [0.3, 0.4) is 0 Å².